The molecular formula is C22H30N4O5. The Bertz CT molecular complexity index is 890. The highest BCUT2D eigenvalue weighted by atomic mass is 16.5. The molecule has 1 saturated heterocycles. The molecule has 1 aromatic carbocycles. The van der Waals surface area contributed by atoms with Gasteiger partial charge in [0.05, 0.1) is 14.2 Å². The number of methoxy groups -OCH3 is 2. The lowest BCUT2D eigenvalue weighted by atomic mass is 10.1. The summed E-state index contributed by atoms with van der Waals surface area (Å²) in [6.07, 6.45) is 3.46. The van der Waals surface area contributed by atoms with E-state index >= 15 is 0 Å². The minimum atomic E-state index is -0.0765. The lowest BCUT2D eigenvalue weighted by Crippen LogP contribution is -2.50. The maximum Gasteiger partial charge on any atom is 0.254 e. The van der Waals surface area contributed by atoms with Crippen molar-refractivity contribution in [3.8, 4) is 11.5 Å². The topological polar surface area (TPSA) is 98.0 Å². The summed E-state index contributed by atoms with van der Waals surface area (Å²) >= 11 is 0. The van der Waals surface area contributed by atoms with Crippen LogP contribution in [0, 0.1) is 0 Å². The maximum absolute atomic E-state index is 12.8. The van der Waals surface area contributed by atoms with Crippen molar-refractivity contribution in [3.63, 3.8) is 0 Å². The molecule has 2 aromatic rings. The highest BCUT2D eigenvalue weighted by Crippen LogP contribution is 2.28. The second kappa shape index (κ2) is 10.8. The van der Waals surface area contributed by atoms with Gasteiger partial charge in [-0.2, -0.15) is 4.98 Å². The molecule has 168 valence electrons. The Hall–Kier alpha value is -3.10. The quantitative estimate of drug-likeness (QED) is 0.602. The van der Waals surface area contributed by atoms with Crippen LogP contribution < -0.4 is 9.47 Å². The SMILES string of the molecule is CCCc1noc(CCCC(=O)N2CCN(C(=O)c3ccc(OC)c(OC)c3)CC2)n1. The number of amides is 2. The van der Waals surface area contributed by atoms with Crippen molar-refractivity contribution < 1.29 is 23.6 Å². The van der Waals surface area contributed by atoms with Gasteiger partial charge in [-0.15, -0.1) is 0 Å². The van der Waals surface area contributed by atoms with E-state index in [4.69, 9.17) is 14.0 Å². The van der Waals surface area contributed by atoms with Crippen LogP contribution in [0.15, 0.2) is 22.7 Å². The molecule has 0 saturated carbocycles. The summed E-state index contributed by atoms with van der Waals surface area (Å²) in [6, 6.07) is 5.13. The first-order chi connectivity index (χ1) is 15.0. The van der Waals surface area contributed by atoms with E-state index in [-0.39, 0.29) is 11.8 Å². The van der Waals surface area contributed by atoms with E-state index in [1.807, 2.05) is 4.90 Å². The first-order valence-corrected chi connectivity index (χ1v) is 10.7. The molecule has 1 aliphatic rings. The first kappa shape index (κ1) is 22.6. The molecule has 1 aliphatic heterocycles. The average molecular weight is 431 g/mol. The molecule has 1 aromatic heterocycles. The Morgan fingerprint density at radius 3 is 2.42 bits per heavy atom. The molecule has 0 N–H and O–H groups in total. The van der Waals surface area contributed by atoms with E-state index in [9.17, 15) is 9.59 Å². The molecule has 0 aliphatic carbocycles. The molecule has 1 fully saturated rings. The summed E-state index contributed by atoms with van der Waals surface area (Å²) in [7, 11) is 3.10. The highest BCUT2D eigenvalue weighted by Gasteiger charge is 2.25. The van der Waals surface area contributed by atoms with Crippen LogP contribution in [0.5, 0.6) is 11.5 Å². The van der Waals surface area contributed by atoms with E-state index in [0.29, 0.717) is 68.4 Å². The maximum atomic E-state index is 12.8. The summed E-state index contributed by atoms with van der Waals surface area (Å²) in [5.41, 5.74) is 0.541. The fraction of sp³-hybridized carbons (Fsp3) is 0.545. The number of aryl methyl sites for hydroxylation is 2. The number of ether oxygens (including phenoxy) is 2. The monoisotopic (exact) mass is 430 g/mol. The molecule has 9 nitrogen and oxygen atoms in total. The number of benzene rings is 1. The number of aromatic nitrogens is 2. The van der Waals surface area contributed by atoms with Gasteiger partial charge in [-0.05, 0) is 31.0 Å². The van der Waals surface area contributed by atoms with Crippen LogP contribution in [0.4, 0.5) is 0 Å². The third-order valence-electron chi connectivity index (χ3n) is 5.32. The van der Waals surface area contributed by atoms with Crippen molar-refractivity contribution in [2.45, 2.75) is 39.0 Å². The third-order valence-corrected chi connectivity index (χ3v) is 5.32. The van der Waals surface area contributed by atoms with Crippen molar-refractivity contribution in [1.82, 2.24) is 19.9 Å². The molecule has 0 bridgehead atoms. The zero-order valence-electron chi connectivity index (χ0n) is 18.4. The van der Waals surface area contributed by atoms with E-state index < -0.39 is 0 Å². The molecule has 3 rings (SSSR count). The predicted octanol–water partition coefficient (Wildman–Crippen LogP) is 2.35. The minimum Gasteiger partial charge on any atom is -0.493 e. The molecule has 0 atom stereocenters. The summed E-state index contributed by atoms with van der Waals surface area (Å²) in [5, 5.41) is 3.93. The number of hydrogen-bond acceptors (Lipinski definition) is 7. The van der Waals surface area contributed by atoms with Crippen molar-refractivity contribution in [2.75, 3.05) is 40.4 Å². The number of hydrogen-bond donors (Lipinski definition) is 0. The van der Waals surface area contributed by atoms with Crippen LogP contribution in [0.2, 0.25) is 0 Å². The Labute approximate surface area is 182 Å². The lowest BCUT2D eigenvalue weighted by molar-refractivity contribution is -0.132. The smallest absolute Gasteiger partial charge is 0.254 e. The largest absolute Gasteiger partial charge is 0.493 e. The normalized spacial score (nSPS) is 13.9. The van der Waals surface area contributed by atoms with Gasteiger partial charge < -0.3 is 23.8 Å². The lowest BCUT2D eigenvalue weighted by Gasteiger charge is -2.35. The van der Waals surface area contributed by atoms with Crippen LogP contribution in [0.3, 0.4) is 0 Å². The Morgan fingerprint density at radius 2 is 1.74 bits per heavy atom. The van der Waals surface area contributed by atoms with Crippen LogP contribution >= 0.6 is 0 Å². The standard InChI is InChI=1S/C22H30N4O5/c1-4-6-19-23-20(31-24-19)7-5-8-21(27)25-11-13-26(14-12-25)22(28)16-9-10-17(29-2)18(15-16)30-3/h9-10,15H,4-8,11-14H2,1-3H3. The molecule has 0 spiro atoms. The van der Waals surface area contributed by atoms with Crippen molar-refractivity contribution >= 4 is 11.8 Å². The van der Waals surface area contributed by atoms with Crippen LogP contribution in [-0.4, -0.2) is 72.2 Å². The van der Waals surface area contributed by atoms with E-state index in [0.717, 1.165) is 18.7 Å². The van der Waals surface area contributed by atoms with Crippen molar-refractivity contribution in [1.29, 1.82) is 0 Å². The van der Waals surface area contributed by atoms with E-state index in [1.165, 1.54) is 0 Å². The fourth-order valence-corrected chi connectivity index (χ4v) is 3.58. The zero-order chi connectivity index (χ0) is 22.2. The van der Waals surface area contributed by atoms with Gasteiger partial charge in [0.2, 0.25) is 11.8 Å². The molecular weight excluding hydrogens is 400 g/mol. The molecule has 31 heavy (non-hydrogen) atoms. The van der Waals surface area contributed by atoms with Crippen molar-refractivity contribution in [3.05, 3.63) is 35.5 Å². The second-order valence-corrected chi connectivity index (χ2v) is 7.45. The van der Waals surface area contributed by atoms with Gasteiger partial charge in [-0.25, -0.2) is 0 Å². The molecule has 0 radical (unpaired) electrons. The highest BCUT2D eigenvalue weighted by molar-refractivity contribution is 5.95. The Kier molecular flexibility index (Phi) is 7.86. The van der Waals surface area contributed by atoms with Gasteiger partial charge >= 0.3 is 0 Å². The Balaban J connectivity index is 1.45. The number of rotatable bonds is 9. The van der Waals surface area contributed by atoms with Gasteiger partial charge in [0, 0.05) is 51.0 Å². The average Bonchev–Trinajstić information content (AvgIpc) is 3.25. The Morgan fingerprint density at radius 1 is 1.03 bits per heavy atom. The third kappa shape index (κ3) is 5.74. The molecule has 2 heterocycles. The summed E-state index contributed by atoms with van der Waals surface area (Å²) in [6.45, 7) is 4.12. The predicted molar refractivity (Wildman–Crippen MR) is 113 cm³/mol. The van der Waals surface area contributed by atoms with Crippen LogP contribution in [0.1, 0.15) is 48.3 Å². The summed E-state index contributed by atoms with van der Waals surface area (Å²) in [4.78, 5) is 33.3. The number of nitrogens with zero attached hydrogens (tertiary/aromatic N) is 4. The van der Waals surface area contributed by atoms with Crippen LogP contribution in [-0.2, 0) is 17.6 Å². The van der Waals surface area contributed by atoms with E-state index in [2.05, 4.69) is 17.1 Å². The number of piperazine rings is 1. The second-order valence-electron chi connectivity index (χ2n) is 7.45. The molecule has 2 amide bonds. The van der Waals surface area contributed by atoms with Gasteiger partial charge in [-0.1, -0.05) is 12.1 Å². The van der Waals surface area contributed by atoms with Gasteiger partial charge in [0.25, 0.3) is 5.91 Å². The summed E-state index contributed by atoms with van der Waals surface area (Å²) < 4.78 is 15.7. The zero-order valence-corrected chi connectivity index (χ0v) is 18.4. The minimum absolute atomic E-state index is 0.0765. The van der Waals surface area contributed by atoms with Gasteiger partial charge in [-0.3, -0.25) is 9.59 Å². The van der Waals surface area contributed by atoms with Gasteiger partial charge in [0.15, 0.2) is 17.3 Å². The van der Waals surface area contributed by atoms with Crippen molar-refractivity contribution in [2.24, 2.45) is 0 Å². The number of carbonyl (C=O) groups is 2. The van der Waals surface area contributed by atoms with Crippen LogP contribution in [0.25, 0.3) is 0 Å². The molecule has 0 unspecified atom stereocenters. The number of carbonyl (C=O) groups excluding carboxylic acids is 2. The molecule has 9 heteroatoms. The summed E-state index contributed by atoms with van der Waals surface area (Å²) in [5.74, 6) is 2.42. The fourth-order valence-electron chi connectivity index (χ4n) is 3.58. The van der Waals surface area contributed by atoms with Gasteiger partial charge in [0.1, 0.15) is 0 Å². The first-order valence-electron chi connectivity index (χ1n) is 10.7. The van der Waals surface area contributed by atoms with E-state index in [1.54, 1.807) is 37.3 Å².